The normalized spacial score (nSPS) is 15.0. The van der Waals surface area contributed by atoms with Gasteiger partial charge in [0.05, 0.1) is 11.0 Å². The molecule has 0 spiro atoms. The van der Waals surface area contributed by atoms with Gasteiger partial charge in [0.15, 0.2) is 0 Å². The van der Waals surface area contributed by atoms with Crippen molar-refractivity contribution in [1.82, 2.24) is 9.97 Å². The summed E-state index contributed by atoms with van der Waals surface area (Å²) in [6, 6.07) is 61.6. The molecule has 0 N–H and O–H groups in total. The molecule has 0 fully saturated rings. The monoisotopic (exact) mass is 835 g/mol. The minimum Gasteiger partial charge on any atom is -0.687 e. The molecule has 2 atom stereocenters. The Morgan fingerprint density at radius 3 is 1.35 bits per heavy atom. The van der Waals surface area contributed by atoms with Crippen LogP contribution in [0.3, 0.4) is 0 Å². The molecule has 0 saturated heterocycles. The van der Waals surface area contributed by atoms with E-state index in [2.05, 4.69) is 146 Å². The van der Waals surface area contributed by atoms with Gasteiger partial charge in [-0.25, -0.2) is 0 Å². The van der Waals surface area contributed by atoms with Crippen molar-refractivity contribution in [2.24, 2.45) is 0 Å². The van der Waals surface area contributed by atoms with E-state index >= 15 is 0 Å². The predicted molar refractivity (Wildman–Crippen MR) is 204 cm³/mol. The van der Waals surface area contributed by atoms with Crippen LogP contribution in [0.15, 0.2) is 158 Å². The minimum atomic E-state index is -0.216. The zero-order chi connectivity index (χ0) is 33.3. The van der Waals surface area contributed by atoms with Crippen LogP contribution in [0.1, 0.15) is 34.6 Å². The summed E-state index contributed by atoms with van der Waals surface area (Å²) in [4.78, 5) is 10.1. The molecule has 246 valence electrons. The molecule has 0 aliphatic carbocycles. The van der Waals surface area contributed by atoms with Gasteiger partial charge in [0.1, 0.15) is 0 Å². The summed E-state index contributed by atoms with van der Waals surface area (Å²) in [5.41, 5.74) is 11.8. The van der Waals surface area contributed by atoms with Gasteiger partial charge in [0, 0.05) is 22.2 Å². The molecule has 2 unspecified atom stereocenters. The molecule has 2 aromatic heterocycles. The van der Waals surface area contributed by atoms with Crippen LogP contribution in [0.2, 0.25) is 0 Å². The van der Waals surface area contributed by atoms with Crippen molar-refractivity contribution in [3.05, 3.63) is 203 Å². The van der Waals surface area contributed by atoms with Crippen LogP contribution in [-0.4, -0.2) is 9.97 Å². The van der Waals surface area contributed by atoms with Crippen LogP contribution >= 0.6 is 0 Å². The number of para-hydroxylation sites is 4. The Balaban J connectivity index is 0.00000374. The van der Waals surface area contributed by atoms with E-state index in [-0.39, 0.29) is 33.1 Å². The Bertz CT molecular complexity index is 2320. The fraction of sp³-hybridized carbons (Fsp3) is 0.0870. The summed E-state index contributed by atoms with van der Waals surface area (Å²) >= 11 is 0. The maximum absolute atomic E-state index is 5.48. The quantitative estimate of drug-likeness (QED) is 0.166. The van der Waals surface area contributed by atoms with E-state index in [1.54, 1.807) is 0 Å². The van der Waals surface area contributed by atoms with E-state index in [0.717, 1.165) is 77.9 Å². The van der Waals surface area contributed by atoms with E-state index in [1.807, 2.05) is 24.3 Å². The smallest absolute Gasteiger partial charge is 0.687 e. The number of pyridine rings is 2. The fourth-order valence-corrected chi connectivity index (χ4v) is 6.93. The van der Waals surface area contributed by atoms with Gasteiger partial charge in [-0.15, -0.1) is 94.0 Å². The van der Waals surface area contributed by atoms with Crippen molar-refractivity contribution in [3.8, 4) is 22.3 Å². The summed E-state index contributed by atoms with van der Waals surface area (Å²) in [5.74, 6) is 0. The van der Waals surface area contributed by atoms with Crippen LogP contribution in [-0.2, 0) is 33.9 Å². The zero-order valence-corrected chi connectivity index (χ0v) is 30.0. The molecule has 9 rings (SSSR count). The maximum Gasteiger partial charge on any atom is 4.00 e. The molecule has 4 bridgehead atoms. The maximum atomic E-state index is 5.48. The molecule has 6 aromatic carbocycles. The van der Waals surface area contributed by atoms with Crippen LogP contribution in [0.25, 0.3) is 54.7 Å². The molecule has 5 heteroatoms. The summed E-state index contributed by atoms with van der Waals surface area (Å²) < 4.78 is 0. The second-order valence-electron chi connectivity index (χ2n) is 12.8. The van der Waals surface area contributed by atoms with Crippen LogP contribution in [0, 0.1) is 12.1 Å². The number of fused-ring (bicyclic) bond motifs is 10. The first-order chi connectivity index (χ1) is 24.7. The third-order valence-electron chi connectivity index (χ3n) is 9.45. The van der Waals surface area contributed by atoms with E-state index in [0.29, 0.717) is 12.8 Å². The largest absolute Gasteiger partial charge is 4.00 e. The van der Waals surface area contributed by atoms with E-state index < -0.39 is 0 Å². The molecule has 0 radical (unpaired) electrons. The number of hydrogen-bond donors (Lipinski definition) is 0. The summed E-state index contributed by atoms with van der Waals surface area (Å²) in [6.45, 7) is 0. The van der Waals surface area contributed by atoms with Gasteiger partial charge in [-0.2, -0.15) is 11.4 Å². The second kappa shape index (κ2) is 14.3. The topological polar surface area (TPSA) is 54.0 Å². The van der Waals surface area contributed by atoms with Crippen molar-refractivity contribution in [1.29, 1.82) is 0 Å². The van der Waals surface area contributed by atoms with Crippen LogP contribution in [0.4, 0.5) is 11.4 Å². The van der Waals surface area contributed by atoms with Gasteiger partial charge < -0.3 is 10.6 Å². The molecule has 4 nitrogen and oxygen atoms in total. The van der Waals surface area contributed by atoms with Crippen LogP contribution < -0.4 is 0 Å². The Hall–Kier alpha value is -5.57. The Morgan fingerprint density at radius 2 is 0.863 bits per heavy atom. The molecular weight excluding hydrogens is 804 g/mol. The SMILES string of the molecule is [Pt+4].[c-]1c2cccc1C(Cc1ccc3ccccc3n1)[N-]c1ccccc1-c1[c-]c(ccc1)C(Cc1ccc3ccccc3n1)[N-]c1ccccc1-2. The van der Waals surface area contributed by atoms with Crippen molar-refractivity contribution in [2.45, 2.75) is 24.9 Å². The van der Waals surface area contributed by atoms with Crippen molar-refractivity contribution in [3.63, 3.8) is 0 Å². The third kappa shape index (κ3) is 6.80. The number of hydrogen-bond acceptors (Lipinski definition) is 2. The van der Waals surface area contributed by atoms with Gasteiger partial charge in [-0.1, -0.05) is 97.1 Å². The molecule has 8 aromatic rings. The van der Waals surface area contributed by atoms with Crippen molar-refractivity contribution < 1.29 is 21.1 Å². The Morgan fingerprint density at radius 1 is 0.431 bits per heavy atom. The van der Waals surface area contributed by atoms with Crippen molar-refractivity contribution in [2.75, 3.05) is 0 Å². The number of benzene rings is 6. The first-order valence-electron chi connectivity index (χ1n) is 17.1. The predicted octanol–water partition coefficient (Wildman–Crippen LogP) is 12.0. The van der Waals surface area contributed by atoms with Gasteiger partial charge in [0.25, 0.3) is 0 Å². The number of nitrogens with zero attached hydrogens (tertiary/aromatic N) is 4. The summed E-state index contributed by atoms with van der Waals surface area (Å²) in [7, 11) is 0. The summed E-state index contributed by atoms with van der Waals surface area (Å²) in [5, 5.41) is 13.2. The van der Waals surface area contributed by atoms with Gasteiger partial charge in [0.2, 0.25) is 0 Å². The molecule has 1 aliphatic heterocycles. The average Bonchev–Trinajstić information content (AvgIpc) is 3.17. The first-order valence-corrected chi connectivity index (χ1v) is 17.1. The fourth-order valence-electron chi connectivity index (χ4n) is 6.93. The van der Waals surface area contributed by atoms with E-state index in [9.17, 15) is 0 Å². The zero-order valence-electron chi connectivity index (χ0n) is 27.7. The average molecular weight is 836 g/mol. The molecular formula is C46H32N4Pt. The van der Waals surface area contributed by atoms with Gasteiger partial charge >= 0.3 is 21.1 Å². The molecule has 0 saturated carbocycles. The standard InChI is InChI=1S/C46H32N4.Pt/c1-5-19-41-31(11-1)23-25-37(47-41)29-45-35-15-9-13-33(27-35)40-18-4-8-22-44(40)50-46(30-38-26-24-32-12-2-6-20-42(32)48-38)36-16-10-14-34(28-36)39-17-3-7-21-43(39)49-45;/h1-26,45-46H,29-30H2;/q-4;+4. The first kappa shape index (κ1) is 32.6. The Labute approximate surface area is 312 Å². The third-order valence-corrected chi connectivity index (χ3v) is 9.45. The molecule has 3 heterocycles. The Kier molecular flexibility index (Phi) is 9.18. The van der Waals surface area contributed by atoms with E-state index in [4.69, 9.17) is 20.6 Å². The second-order valence-corrected chi connectivity index (χ2v) is 12.8. The van der Waals surface area contributed by atoms with Gasteiger partial charge in [-0.05, 0) is 37.1 Å². The van der Waals surface area contributed by atoms with E-state index in [1.165, 1.54) is 0 Å². The number of aromatic nitrogens is 2. The minimum absolute atomic E-state index is 0. The molecule has 1 aliphatic rings. The number of rotatable bonds is 4. The summed E-state index contributed by atoms with van der Waals surface area (Å²) in [6.07, 6.45) is 1.27. The van der Waals surface area contributed by atoms with Crippen LogP contribution in [0.5, 0.6) is 0 Å². The van der Waals surface area contributed by atoms with Crippen molar-refractivity contribution >= 4 is 33.2 Å². The molecule has 51 heavy (non-hydrogen) atoms. The molecule has 0 amide bonds. The van der Waals surface area contributed by atoms with Gasteiger partial charge in [-0.3, -0.25) is 9.97 Å².